The molecule has 2 aromatic rings. The van der Waals surface area contributed by atoms with Gasteiger partial charge in [-0.1, -0.05) is 23.7 Å². The normalized spacial score (nSPS) is 11.7. The van der Waals surface area contributed by atoms with Crippen LogP contribution in [0.1, 0.15) is 5.69 Å². The summed E-state index contributed by atoms with van der Waals surface area (Å²) in [4.78, 5) is 11.7. The van der Waals surface area contributed by atoms with E-state index in [1.54, 1.807) is 24.3 Å². The van der Waals surface area contributed by atoms with E-state index in [9.17, 15) is 13.2 Å². The number of benzene rings is 1. The lowest BCUT2D eigenvalue weighted by molar-refractivity contribution is 0.481. The molecule has 1 heterocycles. The lowest BCUT2D eigenvalue weighted by Crippen LogP contribution is -2.13. The molecule has 0 radical (unpaired) electrons. The molecule has 0 saturated heterocycles. The number of hydrogen-bond donors (Lipinski definition) is 2. The topological polar surface area (TPSA) is 92.2 Å². The van der Waals surface area contributed by atoms with Crippen LogP contribution in [0.2, 0.25) is 5.02 Å². The maximum atomic E-state index is 11.7. The lowest BCUT2D eigenvalue weighted by Gasteiger charge is -2.03. The van der Waals surface area contributed by atoms with Gasteiger partial charge in [-0.2, -0.15) is 8.42 Å². The average Bonchev–Trinajstić information content (AvgIpc) is 2.57. The third kappa shape index (κ3) is 2.81. The van der Waals surface area contributed by atoms with Crippen molar-refractivity contribution in [3.8, 4) is 5.69 Å². The maximum absolute atomic E-state index is 11.7. The summed E-state index contributed by atoms with van der Waals surface area (Å²) in [5, 5.41) is 2.92. The van der Waals surface area contributed by atoms with E-state index < -0.39 is 21.4 Å². The van der Waals surface area contributed by atoms with Crippen molar-refractivity contribution in [1.29, 1.82) is 0 Å². The molecule has 6 nitrogen and oxygen atoms in total. The van der Waals surface area contributed by atoms with Crippen LogP contribution in [-0.2, 0) is 15.9 Å². The van der Waals surface area contributed by atoms with Crippen LogP contribution in [0.15, 0.2) is 35.1 Å². The summed E-state index contributed by atoms with van der Waals surface area (Å²) in [6.07, 6.45) is 0. The van der Waals surface area contributed by atoms with Gasteiger partial charge in [0.05, 0.1) is 16.4 Å². The number of H-pyrrole nitrogens is 1. The Hall–Kier alpha value is -1.57. The second-order valence-corrected chi connectivity index (χ2v) is 5.49. The Kier molecular flexibility index (Phi) is 3.29. The quantitative estimate of drug-likeness (QED) is 0.830. The van der Waals surface area contributed by atoms with E-state index >= 15 is 0 Å². The summed E-state index contributed by atoms with van der Waals surface area (Å²) in [6.45, 7) is 0. The second kappa shape index (κ2) is 4.60. The van der Waals surface area contributed by atoms with Crippen LogP contribution in [-0.4, -0.2) is 22.8 Å². The molecule has 0 amide bonds. The molecule has 0 bridgehead atoms. The lowest BCUT2D eigenvalue weighted by atomic mass is 10.3. The number of aromatic amines is 1. The standard InChI is InChI=1S/C10H9ClN2O4S/c11-8-3-1-2-4-9(8)13-10(14)5-7(12-13)6-18(15,16)17/h1-5,12H,6H2,(H,15,16,17). The summed E-state index contributed by atoms with van der Waals surface area (Å²) in [5.74, 6) is -0.653. The number of aromatic nitrogens is 2. The van der Waals surface area contributed by atoms with Crippen molar-refractivity contribution in [2.24, 2.45) is 0 Å². The fourth-order valence-electron chi connectivity index (χ4n) is 1.53. The van der Waals surface area contributed by atoms with Crippen LogP contribution >= 0.6 is 11.6 Å². The summed E-state index contributed by atoms with van der Waals surface area (Å²) < 4.78 is 31.3. The van der Waals surface area contributed by atoms with Crippen LogP contribution in [0.3, 0.4) is 0 Å². The maximum Gasteiger partial charge on any atom is 0.271 e. The van der Waals surface area contributed by atoms with Gasteiger partial charge < -0.3 is 0 Å². The third-order valence-corrected chi connectivity index (χ3v) is 3.20. The van der Waals surface area contributed by atoms with Gasteiger partial charge in [0.15, 0.2) is 0 Å². The zero-order chi connectivity index (χ0) is 13.3. The van der Waals surface area contributed by atoms with Crippen LogP contribution in [0.5, 0.6) is 0 Å². The predicted octanol–water partition coefficient (Wildman–Crippen LogP) is 1.21. The van der Waals surface area contributed by atoms with E-state index in [-0.39, 0.29) is 5.69 Å². The molecule has 0 unspecified atom stereocenters. The van der Waals surface area contributed by atoms with E-state index in [0.717, 1.165) is 10.7 Å². The van der Waals surface area contributed by atoms with E-state index in [0.29, 0.717) is 10.7 Å². The Balaban J connectivity index is 2.49. The Bertz CT molecular complexity index is 732. The van der Waals surface area contributed by atoms with Crippen molar-refractivity contribution in [1.82, 2.24) is 9.78 Å². The van der Waals surface area contributed by atoms with Crippen molar-refractivity contribution in [2.45, 2.75) is 5.75 Å². The first-order chi connectivity index (χ1) is 8.37. The number of rotatable bonds is 3. The molecular formula is C10H9ClN2O4S. The smallest absolute Gasteiger partial charge is 0.271 e. The monoisotopic (exact) mass is 288 g/mol. The van der Waals surface area contributed by atoms with Crippen molar-refractivity contribution >= 4 is 21.7 Å². The van der Waals surface area contributed by atoms with Crippen molar-refractivity contribution < 1.29 is 13.0 Å². The fourth-order valence-corrected chi connectivity index (χ4v) is 2.29. The molecule has 0 saturated carbocycles. The molecule has 0 atom stereocenters. The van der Waals surface area contributed by atoms with Gasteiger partial charge in [0.1, 0.15) is 5.75 Å². The van der Waals surface area contributed by atoms with Crippen molar-refractivity contribution in [3.63, 3.8) is 0 Å². The highest BCUT2D eigenvalue weighted by molar-refractivity contribution is 7.85. The first kappa shape index (κ1) is 12.9. The number of halogens is 1. The third-order valence-electron chi connectivity index (χ3n) is 2.20. The fraction of sp³-hybridized carbons (Fsp3) is 0.100. The first-order valence-electron chi connectivity index (χ1n) is 4.88. The first-order valence-corrected chi connectivity index (χ1v) is 6.86. The van der Waals surface area contributed by atoms with Gasteiger partial charge in [-0.3, -0.25) is 14.4 Å². The number of para-hydroxylation sites is 1. The van der Waals surface area contributed by atoms with Gasteiger partial charge in [-0.05, 0) is 12.1 Å². The predicted molar refractivity (Wildman–Crippen MR) is 66.7 cm³/mol. The molecule has 2 N–H and O–H groups in total. The van der Waals surface area contributed by atoms with Crippen LogP contribution in [0, 0.1) is 0 Å². The SMILES string of the molecule is O=c1cc(CS(=O)(=O)O)[nH]n1-c1ccccc1Cl. The zero-order valence-electron chi connectivity index (χ0n) is 9.00. The minimum absolute atomic E-state index is 0.0856. The molecule has 0 aliphatic heterocycles. The summed E-state index contributed by atoms with van der Waals surface area (Å²) in [7, 11) is -4.19. The van der Waals surface area contributed by atoms with E-state index in [1.165, 1.54) is 0 Å². The van der Waals surface area contributed by atoms with Gasteiger partial charge >= 0.3 is 0 Å². The Morgan fingerprint density at radius 3 is 2.61 bits per heavy atom. The van der Waals surface area contributed by atoms with Crippen molar-refractivity contribution in [2.75, 3.05) is 0 Å². The molecule has 1 aromatic carbocycles. The number of nitrogens with one attached hydrogen (secondary N) is 1. The summed E-state index contributed by atoms with van der Waals surface area (Å²) >= 11 is 5.93. The molecule has 1 aromatic heterocycles. The molecule has 2 rings (SSSR count). The van der Waals surface area contributed by atoms with Gasteiger partial charge in [-0.15, -0.1) is 0 Å². The Morgan fingerprint density at radius 2 is 2.00 bits per heavy atom. The molecule has 0 aliphatic carbocycles. The molecule has 96 valence electrons. The molecule has 8 heteroatoms. The Morgan fingerprint density at radius 1 is 1.33 bits per heavy atom. The number of nitrogens with zero attached hydrogens (tertiary/aromatic N) is 1. The van der Waals surface area contributed by atoms with Crippen LogP contribution in [0.4, 0.5) is 0 Å². The van der Waals surface area contributed by atoms with E-state index in [1.807, 2.05) is 0 Å². The minimum atomic E-state index is -4.19. The second-order valence-electron chi connectivity index (χ2n) is 3.63. The molecule has 0 spiro atoms. The van der Waals surface area contributed by atoms with Crippen molar-refractivity contribution in [3.05, 3.63) is 51.4 Å². The largest absolute Gasteiger partial charge is 0.294 e. The van der Waals surface area contributed by atoms with Crippen LogP contribution < -0.4 is 5.56 Å². The summed E-state index contributed by atoms with van der Waals surface area (Å²) in [5.41, 5.74) is 0.0370. The highest BCUT2D eigenvalue weighted by Crippen LogP contribution is 2.17. The van der Waals surface area contributed by atoms with E-state index in [2.05, 4.69) is 5.10 Å². The van der Waals surface area contributed by atoms with Gasteiger partial charge in [0, 0.05) is 6.07 Å². The Labute approximate surface area is 108 Å². The minimum Gasteiger partial charge on any atom is -0.294 e. The highest BCUT2D eigenvalue weighted by Gasteiger charge is 2.12. The number of hydrogen-bond acceptors (Lipinski definition) is 3. The van der Waals surface area contributed by atoms with Gasteiger partial charge in [0.2, 0.25) is 0 Å². The van der Waals surface area contributed by atoms with E-state index in [4.69, 9.17) is 16.2 Å². The van der Waals surface area contributed by atoms with Gasteiger partial charge in [0.25, 0.3) is 15.7 Å². The highest BCUT2D eigenvalue weighted by atomic mass is 35.5. The zero-order valence-corrected chi connectivity index (χ0v) is 10.6. The molecule has 18 heavy (non-hydrogen) atoms. The van der Waals surface area contributed by atoms with Gasteiger partial charge in [-0.25, -0.2) is 4.68 Å². The van der Waals surface area contributed by atoms with Crippen LogP contribution in [0.25, 0.3) is 5.69 Å². The molecular weight excluding hydrogens is 280 g/mol. The molecule has 0 aliphatic rings. The average molecular weight is 289 g/mol. The molecule has 0 fully saturated rings. The summed E-state index contributed by atoms with van der Waals surface area (Å²) in [6, 6.07) is 7.71.